The lowest BCUT2D eigenvalue weighted by Crippen LogP contribution is -2.49. The molecule has 31 heavy (non-hydrogen) atoms. The van der Waals surface area contributed by atoms with Crippen molar-refractivity contribution in [3.8, 4) is 0 Å². The second-order valence-electron chi connectivity index (χ2n) is 8.18. The van der Waals surface area contributed by atoms with Crippen molar-refractivity contribution >= 4 is 29.9 Å². The summed E-state index contributed by atoms with van der Waals surface area (Å²) in [6.07, 6.45) is 3.75. The van der Waals surface area contributed by atoms with Crippen LogP contribution in [0.15, 0.2) is 54.6 Å². The molecule has 0 bridgehead atoms. The number of benzene rings is 2. The van der Waals surface area contributed by atoms with E-state index in [0.29, 0.717) is 18.2 Å². The minimum absolute atomic E-state index is 0.00598. The van der Waals surface area contributed by atoms with Crippen LogP contribution >= 0.6 is 12.6 Å². The van der Waals surface area contributed by atoms with Gasteiger partial charge in [-0.3, -0.25) is 4.79 Å². The fraction of sp³-hybridized carbons (Fsp3) is 0.480. The average molecular weight is 442 g/mol. The van der Waals surface area contributed by atoms with E-state index < -0.39 is 6.23 Å². The number of rotatable bonds is 10. The van der Waals surface area contributed by atoms with Crippen LogP contribution in [0, 0.1) is 0 Å². The summed E-state index contributed by atoms with van der Waals surface area (Å²) in [6.45, 7) is 5.10. The summed E-state index contributed by atoms with van der Waals surface area (Å²) in [4.78, 5) is 16.5. The quantitative estimate of drug-likeness (QED) is 0.382. The molecule has 2 N–H and O–H groups in total. The van der Waals surface area contributed by atoms with Gasteiger partial charge in [0.05, 0.1) is 0 Å². The number of aliphatic hydroxyl groups excluding tert-OH is 1. The third-order valence-electron chi connectivity index (χ3n) is 5.96. The molecule has 1 fully saturated rings. The number of anilines is 2. The standard InChI is InChI=1S/C25H35N3O2S/c1-2-25(30)28(22-9-4-3-5-10-22)23-12-16-27(17-13-23)15-11-20-7-6-8-21(19-20)26-24(29)14-18-31/h3-10,19,23,25,30-31H,2,11-18H2,1H3,(H,26,29). The van der Waals surface area contributed by atoms with Gasteiger partial charge in [0.25, 0.3) is 0 Å². The maximum absolute atomic E-state index is 11.8. The Balaban J connectivity index is 1.51. The van der Waals surface area contributed by atoms with Crippen LogP contribution in [0.5, 0.6) is 0 Å². The van der Waals surface area contributed by atoms with Gasteiger partial charge in [0.2, 0.25) is 5.91 Å². The fourth-order valence-corrected chi connectivity index (χ4v) is 4.46. The molecular formula is C25H35N3O2S. The van der Waals surface area contributed by atoms with Crippen LogP contribution in [0.2, 0.25) is 0 Å². The third-order valence-corrected chi connectivity index (χ3v) is 6.18. The molecule has 1 heterocycles. The Hall–Kier alpha value is -2.02. The molecule has 2 aromatic rings. The van der Waals surface area contributed by atoms with Crippen LogP contribution in [0.1, 0.15) is 38.2 Å². The number of likely N-dealkylation sites (tertiary alicyclic amines) is 1. The molecule has 0 radical (unpaired) electrons. The minimum Gasteiger partial charge on any atom is -0.374 e. The van der Waals surface area contributed by atoms with Crippen LogP contribution < -0.4 is 10.2 Å². The molecule has 6 heteroatoms. The number of aliphatic hydroxyl groups is 1. The highest BCUT2D eigenvalue weighted by Crippen LogP contribution is 2.26. The van der Waals surface area contributed by atoms with E-state index in [1.165, 1.54) is 5.56 Å². The Morgan fingerprint density at radius 3 is 2.61 bits per heavy atom. The zero-order chi connectivity index (χ0) is 22.1. The van der Waals surface area contributed by atoms with Gasteiger partial charge in [0.15, 0.2) is 0 Å². The van der Waals surface area contributed by atoms with Crippen LogP contribution in [-0.2, 0) is 11.2 Å². The number of nitrogens with one attached hydrogen (secondary N) is 1. The average Bonchev–Trinajstić information content (AvgIpc) is 2.79. The van der Waals surface area contributed by atoms with E-state index >= 15 is 0 Å². The molecule has 1 unspecified atom stereocenters. The number of carbonyl (C=O) groups is 1. The minimum atomic E-state index is -0.445. The van der Waals surface area contributed by atoms with Crippen molar-refractivity contribution in [3.05, 3.63) is 60.2 Å². The Morgan fingerprint density at radius 2 is 1.94 bits per heavy atom. The smallest absolute Gasteiger partial charge is 0.225 e. The Morgan fingerprint density at radius 1 is 1.19 bits per heavy atom. The van der Waals surface area contributed by atoms with E-state index in [4.69, 9.17) is 0 Å². The molecule has 1 amide bonds. The van der Waals surface area contributed by atoms with Gasteiger partial charge in [-0.05, 0) is 61.3 Å². The summed E-state index contributed by atoms with van der Waals surface area (Å²) in [5.74, 6) is 0.560. The maximum atomic E-state index is 11.8. The zero-order valence-electron chi connectivity index (χ0n) is 18.4. The van der Waals surface area contributed by atoms with Gasteiger partial charge in [-0.1, -0.05) is 37.3 Å². The SMILES string of the molecule is CCC(O)N(c1ccccc1)C1CCN(CCc2cccc(NC(=O)CCS)c2)CC1. The summed E-state index contributed by atoms with van der Waals surface area (Å²) < 4.78 is 0. The van der Waals surface area contributed by atoms with E-state index in [0.717, 1.165) is 56.7 Å². The lowest BCUT2D eigenvalue weighted by molar-refractivity contribution is -0.115. The monoisotopic (exact) mass is 441 g/mol. The molecule has 0 spiro atoms. The Bertz CT molecular complexity index is 809. The summed E-state index contributed by atoms with van der Waals surface area (Å²) >= 11 is 4.11. The second kappa shape index (κ2) is 12.1. The Kier molecular flexibility index (Phi) is 9.25. The summed E-state index contributed by atoms with van der Waals surface area (Å²) in [7, 11) is 0. The number of amides is 1. The van der Waals surface area contributed by atoms with E-state index in [-0.39, 0.29) is 5.91 Å². The fourth-order valence-electron chi connectivity index (χ4n) is 4.26. The van der Waals surface area contributed by atoms with Crippen molar-refractivity contribution in [1.82, 2.24) is 4.90 Å². The number of carbonyl (C=O) groups excluding carboxylic acids is 1. The molecule has 1 saturated heterocycles. The van der Waals surface area contributed by atoms with Crippen molar-refractivity contribution in [2.45, 2.75) is 51.3 Å². The topological polar surface area (TPSA) is 55.8 Å². The number of hydrogen-bond acceptors (Lipinski definition) is 5. The molecule has 1 atom stereocenters. The van der Waals surface area contributed by atoms with Crippen molar-refractivity contribution in [1.29, 1.82) is 0 Å². The zero-order valence-corrected chi connectivity index (χ0v) is 19.3. The first kappa shape index (κ1) is 23.6. The number of nitrogens with zero attached hydrogens (tertiary/aromatic N) is 2. The van der Waals surface area contributed by atoms with Crippen molar-refractivity contribution in [2.24, 2.45) is 0 Å². The molecule has 0 aliphatic carbocycles. The normalized spacial score (nSPS) is 16.1. The summed E-state index contributed by atoms with van der Waals surface area (Å²) in [6, 6.07) is 18.8. The first-order chi connectivity index (χ1) is 15.1. The number of hydrogen-bond donors (Lipinski definition) is 3. The van der Waals surface area contributed by atoms with Gasteiger partial charge in [-0.2, -0.15) is 12.6 Å². The van der Waals surface area contributed by atoms with Crippen LogP contribution in [-0.4, -0.2) is 53.6 Å². The van der Waals surface area contributed by atoms with E-state index in [9.17, 15) is 9.90 Å². The second-order valence-corrected chi connectivity index (χ2v) is 8.62. The van der Waals surface area contributed by atoms with Gasteiger partial charge in [0, 0.05) is 43.5 Å². The van der Waals surface area contributed by atoms with Gasteiger partial charge in [-0.25, -0.2) is 0 Å². The van der Waals surface area contributed by atoms with Crippen molar-refractivity contribution < 1.29 is 9.90 Å². The number of piperidine rings is 1. The van der Waals surface area contributed by atoms with Crippen molar-refractivity contribution in [3.63, 3.8) is 0 Å². The molecule has 0 aromatic heterocycles. The third kappa shape index (κ3) is 6.99. The molecule has 0 saturated carbocycles. The highest BCUT2D eigenvalue weighted by Gasteiger charge is 2.28. The van der Waals surface area contributed by atoms with Crippen molar-refractivity contribution in [2.75, 3.05) is 35.6 Å². The molecule has 5 nitrogen and oxygen atoms in total. The summed E-state index contributed by atoms with van der Waals surface area (Å²) in [5, 5.41) is 13.6. The van der Waals surface area contributed by atoms with Crippen LogP contribution in [0.3, 0.4) is 0 Å². The highest BCUT2D eigenvalue weighted by molar-refractivity contribution is 7.80. The van der Waals surface area contributed by atoms with Gasteiger partial charge < -0.3 is 20.2 Å². The number of para-hydroxylation sites is 1. The lowest BCUT2D eigenvalue weighted by atomic mass is 10.0. The number of thiol groups is 1. The van der Waals surface area contributed by atoms with E-state index in [2.05, 4.69) is 52.0 Å². The van der Waals surface area contributed by atoms with Crippen LogP contribution in [0.4, 0.5) is 11.4 Å². The Labute approximate surface area is 191 Å². The first-order valence-electron chi connectivity index (χ1n) is 11.3. The lowest BCUT2D eigenvalue weighted by Gasteiger charge is -2.42. The van der Waals surface area contributed by atoms with Crippen LogP contribution in [0.25, 0.3) is 0 Å². The van der Waals surface area contributed by atoms with E-state index in [1.54, 1.807) is 0 Å². The molecule has 1 aliphatic heterocycles. The first-order valence-corrected chi connectivity index (χ1v) is 12.0. The highest BCUT2D eigenvalue weighted by atomic mass is 32.1. The van der Waals surface area contributed by atoms with Gasteiger partial charge in [-0.15, -0.1) is 0 Å². The predicted molar refractivity (Wildman–Crippen MR) is 132 cm³/mol. The molecule has 168 valence electrons. The largest absolute Gasteiger partial charge is 0.374 e. The molecule has 3 rings (SSSR count). The summed E-state index contributed by atoms with van der Waals surface area (Å²) in [5.41, 5.74) is 3.19. The van der Waals surface area contributed by atoms with Gasteiger partial charge >= 0.3 is 0 Å². The molecule has 1 aliphatic rings. The predicted octanol–water partition coefficient (Wildman–Crippen LogP) is 4.19. The molecule has 2 aromatic carbocycles. The maximum Gasteiger partial charge on any atom is 0.225 e. The molecular weight excluding hydrogens is 406 g/mol. The van der Waals surface area contributed by atoms with Gasteiger partial charge in [0.1, 0.15) is 6.23 Å². The van der Waals surface area contributed by atoms with E-state index in [1.807, 2.05) is 37.3 Å².